The van der Waals surface area contributed by atoms with Crippen molar-refractivity contribution in [1.82, 2.24) is 9.62 Å². The highest BCUT2D eigenvalue weighted by Crippen LogP contribution is 2.12. The molecule has 1 rings (SSSR count). The van der Waals surface area contributed by atoms with Gasteiger partial charge in [0.05, 0.1) is 11.5 Å². The molecule has 0 saturated heterocycles. The van der Waals surface area contributed by atoms with Gasteiger partial charge in [0.1, 0.15) is 0 Å². The van der Waals surface area contributed by atoms with E-state index in [9.17, 15) is 13.2 Å². The summed E-state index contributed by atoms with van der Waals surface area (Å²) in [6.45, 7) is 2.68. The van der Waals surface area contributed by atoms with Crippen molar-refractivity contribution in [2.45, 2.75) is 17.9 Å². The number of carbonyl (C=O) groups excluding carboxylic acids is 1. The van der Waals surface area contributed by atoms with Crippen molar-refractivity contribution in [2.75, 3.05) is 33.9 Å². The van der Waals surface area contributed by atoms with Crippen LogP contribution in [-0.4, -0.2) is 59.1 Å². The van der Waals surface area contributed by atoms with Crippen molar-refractivity contribution in [3.63, 3.8) is 0 Å². The highest BCUT2D eigenvalue weighted by molar-refractivity contribution is 7.89. The zero-order valence-corrected chi connectivity index (χ0v) is 15.1. The predicted molar refractivity (Wildman–Crippen MR) is 91.4 cm³/mol. The summed E-state index contributed by atoms with van der Waals surface area (Å²) < 4.78 is 31.2. The molecule has 0 aliphatic heterocycles. The summed E-state index contributed by atoms with van der Waals surface area (Å²) in [6, 6.07) is 5.71. The van der Waals surface area contributed by atoms with Gasteiger partial charge in [0.2, 0.25) is 10.0 Å². The number of methoxy groups -OCH3 is 1. The average molecular weight is 366 g/mol. The lowest BCUT2D eigenvalue weighted by atomic mass is 10.2. The molecule has 1 aromatic carbocycles. The monoisotopic (exact) mass is 365 g/mol. The maximum absolute atomic E-state index is 12.2. The summed E-state index contributed by atoms with van der Waals surface area (Å²) in [4.78, 5) is 13.8. The Kier molecular flexibility index (Phi) is 9.33. The maximum Gasteiger partial charge on any atom is 0.253 e. The van der Waals surface area contributed by atoms with Gasteiger partial charge >= 0.3 is 0 Å². The molecule has 0 saturated carbocycles. The number of rotatable bonds is 8. The first-order chi connectivity index (χ1) is 10.3. The van der Waals surface area contributed by atoms with Crippen molar-refractivity contribution in [2.24, 2.45) is 5.73 Å². The van der Waals surface area contributed by atoms with Gasteiger partial charge in [-0.3, -0.25) is 4.79 Å². The smallest absolute Gasteiger partial charge is 0.253 e. The van der Waals surface area contributed by atoms with E-state index in [1.807, 2.05) is 6.92 Å². The normalized spacial score (nSPS) is 12.3. The lowest BCUT2D eigenvalue weighted by Crippen LogP contribution is -2.39. The molecule has 1 amide bonds. The van der Waals surface area contributed by atoms with Crippen molar-refractivity contribution in [3.8, 4) is 0 Å². The lowest BCUT2D eigenvalue weighted by molar-refractivity contribution is 0.0748. The minimum Gasteiger partial charge on any atom is -0.383 e. The van der Waals surface area contributed by atoms with Crippen LogP contribution in [0.4, 0.5) is 0 Å². The summed E-state index contributed by atoms with van der Waals surface area (Å²) in [5, 5.41) is 0. The third kappa shape index (κ3) is 6.08. The molecule has 9 heteroatoms. The first-order valence-electron chi connectivity index (χ1n) is 6.89. The molecular weight excluding hydrogens is 342 g/mol. The fourth-order valence-corrected chi connectivity index (χ4v) is 2.71. The van der Waals surface area contributed by atoms with E-state index in [4.69, 9.17) is 10.5 Å². The molecule has 0 spiro atoms. The molecule has 0 aliphatic rings. The van der Waals surface area contributed by atoms with Gasteiger partial charge in [0, 0.05) is 38.9 Å². The van der Waals surface area contributed by atoms with Gasteiger partial charge in [-0.05, 0) is 31.2 Å². The van der Waals surface area contributed by atoms with Crippen LogP contribution in [0.2, 0.25) is 0 Å². The molecule has 1 aromatic rings. The molecule has 0 radical (unpaired) electrons. The van der Waals surface area contributed by atoms with Gasteiger partial charge in [0.25, 0.3) is 5.91 Å². The van der Waals surface area contributed by atoms with Crippen molar-refractivity contribution >= 4 is 28.3 Å². The number of hydrogen-bond donors (Lipinski definition) is 2. The van der Waals surface area contributed by atoms with E-state index in [-0.39, 0.29) is 42.4 Å². The number of carbonyl (C=O) groups is 1. The highest BCUT2D eigenvalue weighted by atomic mass is 35.5. The highest BCUT2D eigenvalue weighted by Gasteiger charge is 2.18. The predicted octanol–water partition coefficient (Wildman–Crippen LogP) is 0.452. The zero-order chi connectivity index (χ0) is 16.8. The van der Waals surface area contributed by atoms with Crippen LogP contribution in [0.25, 0.3) is 0 Å². The maximum atomic E-state index is 12.2. The fraction of sp³-hybridized carbons (Fsp3) is 0.500. The Hall–Kier alpha value is -1.19. The van der Waals surface area contributed by atoms with E-state index in [0.29, 0.717) is 12.1 Å². The number of ether oxygens (including phenoxy) is 1. The first-order valence-corrected chi connectivity index (χ1v) is 8.37. The van der Waals surface area contributed by atoms with Gasteiger partial charge in [-0.1, -0.05) is 0 Å². The number of nitrogens with zero attached hydrogens (tertiary/aromatic N) is 1. The fourth-order valence-electron chi connectivity index (χ4n) is 1.70. The van der Waals surface area contributed by atoms with Crippen LogP contribution >= 0.6 is 12.4 Å². The Morgan fingerprint density at radius 2 is 1.91 bits per heavy atom. The van der Waals surface area contributed by atoms with Crippen LogP contribution in [0.1, 0.15) is 17.3 Å². The van der Waals surface area contributed by atoms with Crippen LogP contribution in [0, 0.1) is 0 Å². The van der Waals surface area contributed by atoms with Gasteiger partial charge in [-0.25, -0.2) is 13.1 Å². The summed E-state index contributed by atoms with van der Waals surface area (Å²) in [5.74, 6) is -0.200. The molecule has 23 heavy (non-hydrogen) atoms. The number of likely N-dealkylation sites (N-methyl/N-ethyl adjacent to an activating group) is 1. The third-order valence-corrected chi connectivity index (χ3v) is 4.81. The number of nitrogens with two attached hydrogens (primary N) is 1. The number of sulfonamides is 1. The van der Waals surface area contributed by atoms with Gasteiger partial charge in [-0.15, -0.1) is 12.4 Å². The SMILES string of the molecule is COCCNS(=O)(=O)c1ccc(C(=O)N(C)C(C)CN)cc1.Cl. The molecule has 3 N–H and O–H groups in total. The quantitative estimate of drug-likeness (QED) is 0.651. The van der Waals surface area contributed by atoms with Gasteiger partial charge in [0.15, 0.2) is 0 Å². The standard InChI is InChI=1S/C14H23N3O4S.ClH/c1-11(10-15)17(2)14(18)12-4-6-13(7-5-12)22(19,20)16-8-9-21-3;/h4-7,11,16H,8-10,15H2,1-3H3;1H. The Balaban J connectivity index is 0.00000484. The largest absolute Gasteiger partial charge is 0.383 e. The molecule has 7 nitrogen and oxygen atoms in total. The minimum absolute atomic E-state index is 0. The molecule has 0 bridgehead atoms. The Bertz CT molecular complexity index is 593. The summed E-state index contributed by atoms with van der Waals surface area (Å²) in [7, 11) is -0.434. The number of halogens is 1. The molecule has 0 aliphatic carbocycles. The van der Waals surface area contributed by atoms with Crippen molar-refractivity contribution < 1.29 is 17.9 Å². The number of benzene rings is 1. The Labute approximate surface area is 143 Å². The average Bonchev–Trinajstić information content (AvgIpc) is 2.53. The second kappa shape index (κ2) is 9.84. The van der Waals surface area contributed by atoms with Crippen LogP contribution in [-0.2, 0) is 14.8 Å². The summed E-state index contributed by atoms with van der Waals surface area (Å²) in [6.07, 6.45) is 0. The topological polar surface area (TPSA) is 102 Å². The molecule has 0 fully saturated rings. The van der Waals surface area contributed by atoms with Crippen LogP contribution in [0.3, 0.4) is 0 Å². The van der Waals surface area contributed by atoms with E-state index < -0.39 is 10.0 Å². The molecule has 1 atom stereocenters. The van der Waals surface area contributed by atoms with E-state index >= 15 is 0 Å². The number of nitrogens with one attached hydrogen (secondary N) is 1. The lowest BCUT2D eigenvalue weighted by Gasteiger charge is -2.23. The first kappa shape index (κ1) is 21.8. The summed E-state index contributed by atoms with van der Waals surface area (Å²) >= 11 is 0. The van der Waals surface area contributed by atoms with Gasteiger partial charge < -0.3 is 15.4 Å². The molecule has 1 unspecified atom stereocenters. The van der Waals surface area contributed by atoms with E-state index in [2.05, 4.69) is 4.72 Å². The van der Waals surface area contributed by atoms with Crippen LogP contribution in [0.15, 0.2) is 29.2 Å². The Morgan fingerprint density at radius 3 is 2.39 bits per heavy atom. The number of hydrogen-bond acceptors (Lipinski definition) is 5. The van der Waals surface area contributed by atoms with Crippen molar-refractivity contribution in [1.29, 1.82) is 0 Å². The minimum atomic E-state index is -3.59. The third-order valence-electron chi connectivity index (χ3n) is 3.33. The second-order valence-electron chi connectivity index (χ2n) is 4.92. The van der Waals surface area contributed by atoms with Crippen LogP contribution < -0.4 is 10.5 Å². The van der Waals surface area contributed by atoms with Crippen LogP contribution in [0.5, 0.6) is 0 Å². The van der Waals surface area contributed by atoms with E-state index in [1.54, 1.807) is 7.05 Å². The zero-order valence-electron chi connectivity index (χ0n) is 13.5. The second-order valence-corrected chi connectivity index (χ2v) is 6.68. The molecule has 0 heterocycles. The van der Waals surface area contributed by atoms with E-state index in [0.717, 1.165) is 0 Å². The van der Waals surface area contributed by atoms with Crippen molar-refractivity contribution in [3.05, 3.63) is 29.8 Å². The molecule has 0 aromatic heterocycles. The molecular formula is C14H24ClN3O4S. The summed E-state index contributed by atoms with van der Waals surface area (Å²) in [5.41, 5.74) is 5.95. The van der Waals surface area contributed by atoms with E-state index in [1.165, 1.54) is 36.3 Å². The number of amides is 1. The van der Waals surface area contributed by atoms with Gasteiger partial charge in [-0.2, -0.15) is 0 Å². The molecule has 132 valence electrons. The Morgan fingerprint density at radius 1 is 1.35 bits per heavy atom.